The van der Waals surface area contributed by atoms with E-state index >= 15 is 0 Å². The fraction of sp³-hybridized carbons (Fsp3) is 0.222. The van der Waals surface area contributed by atoms with Crippen LogP contribution < -0.4 is 5.32 Å². The molecule has 3 aromatic rings. The molecule has 116 valence electrons. The lowest BCUT2D eigenvalue weighted by molar-refractivity contribution is 0.0927. The molecule has 0 bridgehead atoms. The predicted molar refractivity (Wildman–Crippen MR) is 90.7 cm³/mol. The largest absolute Gasteiger partial charge is 0.356 e. The van der Waals surface area contributed by atoms with Gasteiger partial charge in [0.05, 0.1) is 6.04 Å². The van der Waals surface area contributed by atoms with Crippen LogP contribution in [0.1, 0.15) is 40.6 Å². The second-order valence-electron chi connectivity index (χ2n) is 5.84. The van der Waals surface area contributed by atoms with Gasteiger partial charge in [-0.2, -0.15) is 0 Å². The molecule has 2 aromatic heterocycles. The Morgan fingerprint density at radius 2 is 2.22 bits per heavy atom. The van der Waals surface area contributed by atoms with Crippen molar-refractivity contribution in [1.82, 2.24) is 15.3 Å². The zero-order valence-electron chi connectivity index (χ0n) is 12.5. The number of aromatic amines is 1. The van der Waals surface area contributed by atoms with E-state index in [2.05, 4.69) is 15.3 Å². The van der Waals surface area contributed by atoms with Crippen LogP contribution in [0.5, 0.6) is 0 Å². The first-order valence-corrected chi connectivity index (χ1v) is 8.12. The fourth-order valence-corrected chi connectivity index (χ4v) is 3.48. The van der Waals surface area contributed by atoms with Crippen LogP contribution in [0, 0.1) is 0 Å². The third-order valence-electron chi connectivity index (χ3n) is 4.37. The van der Waals surface area contributed by atoms with Gasteiger partial charge in [-0.3, -0.25) is 9.78 Å². The van der Waals surface area contributed by atoms with E-state index in [1.807, 2.05) is 24.3 Å². The Hall–Kier alpha value is -2.33. The molecule has 2 heterocycles. The number of nitrogens with zero attached hydrogens (tertiary/aromatic N) is 1. The monoisotopic (exact) mass is 325 g/mol. The van der Waals surface area contributed by atoms with E-state index < -0.39 is 0 Å². The number of carbonyl (C=O) groups excluding carboxylic acids is 1. The summed E-state index contributed by atoms with van der Waals surface area (Å²) in [6.07, 6.45) is 4.60. The molecule has 0 radical (unpaired) electrons. The van der Waals surface area contributed by atoms with E-state index in [0.29, 0.717) is 5.69 Å². The first-order chi connectivity index (χ1) is 11.2. The van der Waals surface area contributed by atoms with Crippen molar-refractivity contribution in [3.8, 4) is 0 Å². The molecular weight excluding hydrogens is 310 g/mol. The van der Waals surface area contributed by atoms with Crippen molar-refractivity contribution in [2.24, 2.45) is 0 Å². The average molecular weight is 326 g/mol. The molecule has 0 saturated heterocycles. The number of hydrogen-bond donors (Lipinski definition) is 2. The zero-order valence-corrected chi connectivity index (χ0v) is 13.2. The molecular formula is C18H16ClN3O. The molecule has 0 spiro atoms. The highest BCUT2D eigenvalue weighted by molar-refractivity contribution is 6.31. The number of aromatic nitrogens is 2. The van der Waals surface area contributed by atoms with Crippen LogP contribution in [0.4, 0.5) is 0 Å². The number of fused-ring (bicyclic) bond motifs is 3. The lowest BCUT2D eigenvalue weighted by Gasteiger charge is -2.23. The Morgan fingerprint density at radius 1 is 1.30 bits per heavy atom. The summed E-state index contributed by atoms with van der Waals surface area (Å²) < 4.78 is 0. The van der Waals surface area contributed by atoms with Gasteiger partial charge in [-0.05, 0) is 55.2 Å². The first-order valence-electron chi connectivity index (χ1n) is 7.74. The number of H-pyrrole nitrogens is 1. The van der Waals surface area contributed by atoms with E-state index in [1.165, 1.54) is 5.56 Å². The van der Waals surface area contributed by atoms with Crippen LogP contribution in [0.25, 0.3) is 10.9 Å². The number of pyridine rings is 1. The van der Waals surface area contributed by atoms with Crippen LogP contribution >= 0.6 is 11.6 Å². The molecule has 0 saturated carbocycles. The van der Waals surface area contributed by atoms with Gasteiger partial charge in [0.15, 0.2) is 0 Å². The molecule has 23 heavy (non-hydrogen) atoms. The third kappa shape index (κ3) is 2.59. The van der Waals surface area contributed by atoms with Gasteiger partial charge in [0, 0.05) is 27.8 Å². The summed E-state index contributed by atoms with van der Waals surface area (Å²) in [7, 11) is 0. The minimum atomic E-state index is -0.139. The van der Waals surface area contributed by atoms with Gasteiger partial charge in [-0.1, -0.05) is 17.7 Å². The maximum absolute atomic E-state index is 12.4. The lowest BCUT2D eigenvalue weighted by atomic mass is 9.91. The van der Waals surface area contributed by atoms with E-state index in [9.17, 15) is 4.79 Å². The van der Waals surface area contributed by atoms with Crippen LogP contribution in [-0.2, 0) is 6.42 Å². The molecule has 0 fully saturated rings. The van der Waals surface area contributed by atoms with Gasteiger partial charge in [-0.15, -0.1) is 0 Å². The summed E-state index contributed by atoms with van der Waals surface area (Å²) in [4.78, 5) is 20.0. The molecule has 1 aliphatic carbocycles. The fourth-order valence-electron chi connectivity index (χ4n) is 3.31. The van der Waals surface area contributed by atoms with E-state index in [1.54, 1.807) is 18.3 Å². The Morgan fingerprint density at radius 3 is 3.04 bits per heavy atom. The third-order valence-corrected chi connectivity index (χ3v) is 4.61. The maximum Gasteiger partial charge on any atom is 0.270 e. The molecule has 4 nitrogen and oxygen atoms in total. The first kappa shape index (κ1) is 14.3. The highest BCUT2D eigenvalue weighted by atomic mass is 35.5. The topological polar surface area (TPSA) is 57.8 Å². The summed E-state index contributed by atoms with van der Waals surface area (Å²) >= 11 is 6.13. The van der Waals surface area contributed by atoms with Gasteiger partial charge < -0.3 is 10.3 Å². The highest BCUT2D eigenvalue weighted by Gasteiger charge is 2.26. The van der Waals surface area contributed by atoms with Gasteiger partial charge in [0.2, 0.25) is 0 Å². The van der Waals surface area contributed by atoms with Gasteiger partial charge >= 0.3 is 0 Å². The molecule has 2 N–H and O–H groups in total. The number of hydrogen-bond acceptors (Lipinski definition) is 2. The van der Waals surface area contributed by atoms with Crippen molar-refractivity contribution < 1.29 is 4.79 Å². The van der Waals surface area contributed by atoms with Crippen molar-refractivity contribution in [3.05, 3.63) is 64.6 Å². The smallest absolute Gasteiger partial charge is 0.270 e. The molecule has 5 heteroatoms. The number of aryl methyl sites for hydroxylation is 1. The van der Waals surface area contributed by atoms with Crippen LogP contribution in [0.2, 0.25) is 5.02 Å². The summed E-state index contributed by atoms with van der Waals surface area (Å²) in [5, 5.41) is 4.99. The van der Waals surface area contributed by atoms with E-state index in [4.69, 9.17) is 11.6 Å². The molecule has 0 unspecified atom stereocenters. The average Bonchev–Trinajstić information content (AvgIpc) is 2.95. The summed E-state index contributed by atoms with van der Waals surface area (Å²) in [6, 6.07) is 11.2. The molecule has 0 aliphatic heterocycles. The minimum absolute atomic E-state index is 0.0144. The number of halogens is 1. The Bertz CT molecular complexity index is 873. The second-order valence-corrected chi connectivity index (χ2v) is 6.28. The van der Waals surface area contributed by atoms with Gasteiger partial charge in [-0.25, -0.2) is 0 Å². The Labute approximate surface area is 138 Å². The number of nitrogens with one attached hydrogen (secondary N) is 2. The van der Waals surface area contributed by atoms with Crippen LogP contribution in [0.15, 0.2) is 42.6 Å². The highest BCUT2D eigenvalue weighted by Crippen LogP contribution is 2.35. The summed E-state index contributed by atoms with van der Waals surface area (Å²) in [6.45, 7) is 0. The zero-order chi connectivity index (χ0) is 15.8. The van der Waals surface area contributed by atoms with Crippen molar-refractivity contribution in [2.75, 3.05) is 0 Å². The predicted octanol–water partition coefficient (Wildman–Crippen LogP) is 4.02. The van der Waals surface area contributed by atoms with Crippen molar-refractivity contribution in [3.63, 3.8) is 0 Å². The Balaban J connectivity index is 1.68. The van der Waals surface area contributed by atoms with E-state index in [-0.39, 0.29) is 11.9 Å². The van der Waals surface area contributed by atoms with Crippen molar-refractivity contribution >= 4 is 28.4 Å². The molecule has 1 atom stereocenters. The number of benzene rings is 1. The summed E-state index contributed by atoms with van der Waals surface area (Å²) in [5.41, 5.74) is 3.87. The minimum Gasteiger partial charge on any atom is -0.356 e. The summed E-state index contributed by atoms with van der Waals surface area (Å²) in [5.74, 6) is -0.139. The number of rotatable bonds is 2. The normalized spacial score (nSPS) is 17.0. The molecule has 1 amide bonds. The maximum atomic E-state index is 12.4. The number of carbonyl (C=O) groups is 1. The molecule has 1 aliphatic rings. The molecule has 1 aromatic carbocycles. The molecule has 4 rings (SSSR count). The van der Waals surface area contributed by atoms with Crippen LogP contribution in [-0.4, -0.2) is 15.9 Å². The van der Waals surface area contributed by atoms with Gasteiger partial charge in [0.1, 0.15) is 5.69 Å². The quantitative estimate of drug-likeness (QED) is 0.747. The van der Waals surface area contributed by atoms with Gasteiger partial charge in [0.25, 0.3) is 5.91 Å². The van der Waals surface area contributed by atoms with Crippen molar-refractivity contribution in [1.29, 1.82) is 0 Å². The Kier molecular flexibility index (Phi) is 3.54. The second kappa shape index (κ2) is 5.70. The SMILES string of the molecule is O=C(N[C@H]1CCCc2c1[nH]c1ccc(Cl)cc21)c1ccccn1. The number of amides is 1. The van der Waals surface area contributed by atoms with E-state index in [0.717, 1.165) is 40.9 Å². The van der Waals surface area contributed by atoms with Crippen molar-refractivity contribution in [2.45, 2.75) is 25.3 Å². The van der Waals surface area contributed by atoms with Crippen LogP contribution in [0.3, 0.4) is 0 Å². The standard InChI is InChI=1S/C18H16ClN3O/c19-11-7-8-14-13(10-11)12-4-3-6-15(17(12)21-14)22-18(23)16-5-1-2-9-20-16/h1-2,5,7-10,15,21H,3-4,6H2,(H,22,23)/t15-/m0/s1. The lowest BCUT2D eigenvalue weighted by Crippen LogP contribution is -2.31.